The van der Waals surface area contributed by atoms with Crippen LogP contribution >= 0.6 is 0 Å². The van der Waals surface area contributed by atoms with Crippen molar-refractivity contribution in [2.75, 3.05) is 4.90 Å². The molecule has 0 unspecified atom stereocenters. The van der Waals surface area contributed by atoms with Gasteiger partial charge in [0.2, 0.25) is 0 Å². The lowest BCUT2D eigenvalue weighted by Gasteiger charge is -2.26. The van der Waals surface area contributed by atoms with Gasteiger partial charge in [-0.2, -0.15) is 0 Å². The Hall–Kier alpha value is -6.84. The summed E-state index contributed by atoms with van der Waals surface area (Å²) in [6.45, 7) is 0. The third-order valence-electron chi connectivity index (χ3n) is 10.00. The molecular formula is C48H32N2O. The molecule has 0 amide bonds. The first-order valence-electron chi connectivity index (χ1n) is 17.3. The van der Waals surface area contributed by atoms with Crippen molar-refractivity contribution in [3.8, 4) is 27.9 Å². The zero-order valence-electron chi connectivity index (χ0n) is 27.8. The smallest absolute Gasteiger partial charge is 0.136 e. The van der Waals surface area contributed by atoms with Crippen molar-refractivity contribution in [2.45, 2.75) is 0 Å². The maximum atomic E-state index is 6.22. The number of para-hydroxylation sites is 3. The molecule has 0 fully saturated rings. The summed E-state index contributed by atoms with van der Waals surface area (Å²) in [5, 5.41) is 4.79. The summed E-state index contributed by atoms with van der Waals surface area (Å²) >= 11 is 0. The molecule has 0 saturated carbocycles. The van der Waals surface area contributed by atoms with Crippen LogP contribution in [0.3, 0.4) is 0 Å². The first kappa shape index (κ1) is 29.1. The molecule has 0 aliphatic heterocycles. The highest BCUT2D eigenvalue weighted by Gasteiger charge is 2.17. The van der Waals surface area contributed by atoms with Crippen LogP contribution in [0.1, 0.15) is 0 Å². The topological polar surface area (TPSA) is 21.3 Å². The van der Waals surface area contributed by atoms with Crippen molar-refractivity contribution >= 4 is 60.8 Å². The van der Waals surface area contributed by atoms with Gasteiger partial charge in [-0.15, -0.1) is 0 Å². The van der Waals surface area contributed by atoms with Crippen LogP contribution in [-0.4, -0.2) is 4.57 Å². The summed E-state index contributed by atoms with van der Waals surface area (Å²) in [4.78, 5) is 2.35. The predicted molar refractivity (Wildman–Crippen MR) is 214 cm³/mol. The maximum absolute atomic E-state index is 6.22. The molecule has 0 bridgehead atoms. The Morgan fingerprint density at radius 3 is 1.55 bits per heavy atom. The van der Waals surface area contributed by atoms with Crippen LogP contribution in [0.2, 0.25) is 0 Å². The van der Waals surface area contributed by atoms with Crippen LogP contribution in [0, 0.1) is 0 Å². The van der Waals surface area contributed by atoms with E-state index in [1.165, 1.54) is 32.9 Å². The van der Waals surface area contributed by atoms with Crippen LogP contribution in [0.5, 0.6) is 0 Å². The van der Waals surface area contributed by atoms with Gasteiger partial charge in [0.25, 0.3) is 0 Å². The number of aromatic nitrogens is 1. The van der Waals surface area contributed by atoms with E-state index in [4.69, 9.17) is 4.42 Å². The van der Waals surface area contributed by atoms with E-state index in [-0.39, 0.29) is 0 Å². The van der Waals surface area contributed by atoms with E-state index < -0.39 is 0 Å². The molecule has 8 aromatic carbocycles. The van der Waals surface area contributed by atoms with Crippen molar-refractivity contribution in [3.63, 3.8) is 0 Å². The Bertz CT molecular complexity index is 2790. The molecule has 10 aromatic rings. The molecule has 0 saturated heterocycles. The summed E-state index contributed by atoms with van der Waals surface area (Å²) in [6, 6.07) is 69.2. The summed E-state index contributed by atoms with van der Waals surface area (Å²) in [6.07, 6.45) is 0. The van der Waals surface area contributed by atoms with Crippen LogP contribution < -0.4 is 4.90 Å². The average molecular weight is 653 g/mol. The molecule has 0 N–H and O–H groups in total. The fourth-order valence-corrected chi connectivity index (χ4v) is 7.56. The number of furan rings is 1. The van der Waals surface area contributed by atoms with Crippen molar-refractivity contribution in [1.29, 1.82) is 0 Å². The van der Waals surface area contributed by atoms with E-state index >= 15 is 0 Å². The molecule has 0 atom stereocenters. The monoisotopic (exact) mass is 652 g/mol. The lowest BCUT2D eigenvalue weighted by molar-refractivity contribution is 0.669. The predicted octanol–water partition coefficient (Wildman–Crippen LogP) is 13.5. The lowest BCUT2D eigenvalue weighted by atomic mass is 10.0. The number of anilines is 3. The summed E-state index contributed by atoms with van der Waals surface area (Å²) in [5.74, 6) is 0. The Labute approximate surface area is 295 Å². The third kappa shape index (κ3) is 4.98. The normalized spacial score (nSPS) is 11.5. The van der Waals surface area contributed by atoms with Crippen molar-refractivity contribution in [1.82, 2.24) is 4.57 Å². The van der Waals surface area contributed by atoms with Gasteiger partial charge < -0.3 is 13.9 Å². The van der Waals surface area contributed by atoms with Gasteiger partial charge in [0, 0.05) is 44.3 Å². The van der Waals surface area contributed by atoms with E-state index in [1.807, 2.05) is 12.1 Å². The Morgan fingerprint density at radius 2 is 0.863 bits per heavy atom. The number of hydrogen-bond donors (Lipinski definition) is 0. The van der Waals surface area contributed by atoms with Crippen LogP contribution in [0.25, 0.3) is 71.7 Å². The van der Waals surface area contributed by atoms with Gasteiger partial charge in [-0.3, -0.25) is 0 Å². The highest BCUT2D eigenvalue weighted by molar-refractivity contribution is 6.09. The van der Waals surface area contributed by atoms with Gasteiger partial charge in [-0.05, 0) is 95.1 Å². The Balaban J connectivity index is 1.09. The molecule has 10 rings (SSSR count). The van der Waals surface area contributed by atoms with Gasteiger partial charge >= 0.3 is 0 Å². The summed E-state index contributed by atoms with van der Waals surface area (Å²) in [7, 11) is 0. The van der Waals surface area contributed by atoms with E-state index in [1.54, 1.807) is 0 Å². The van der Waals surface area contributed by atoms with Gasteiger partial charge in [-0.25, -0.2) is 0 Å². The molecule has 0 radical (unpaired) electrons. The molecular weight excluding hydrogens is 621 g/mol. The van der Waals surface area contributed by atoms with Gasteiger partial charge in [0.05, 0.1) is 11.0 Å². The van der Waals surface area contributed by atoms with Gasteiger partial charge in [0.1, 0.15) is 11.2 Å². The van der Waals surface area contributed by atoms with Crippen LogP contribution in [0.4, 0.5) is 17.1 Å². The number of hydrogen-bond acceptors (Lipinski definition) is 2. The molecule has 0 aliphatic carbocycles. The largest absolute Gasteiger partial charge is 0.456 e. The molecule has 0 aliphatic rings. The number of fused-ring (bicyclic) bond motifs is 6. The molecule has 240 valence electrons. The van der Waals surface area contributed by atoms with Crippen LogP contribution in [0.15, 0.2) is 199 Å². The SMILES string of the molecule is c1ccc(-c2ccc(N(c3ccc(-c4ccc5c(c4)oc4ccccc45)cc3)c3cccc(-n4c5ccccc5c5ccccc54)c3)cc2)cc1. The third-order valence-corrected chi connectivity index (χ3v) is 10.00. The number of benzene rings is 8. The molecule has 51 heavy (non-hydrogen) atoms. The van der Waals surface area contributed by atoms with Crippen molar-refractivity contribution in [3.05, 3.63) is 194 Å². The minimum absolute atomic E-state index is 0.903. The maximum Gasteiger partial charge on any atom is 0.136 e. The van der Waals surface area contributed by atoms with E-state index in [9.17, 15) is 0 Å². The fraction of sp³-hybridized carbons (Fsp3) is 0. The Morgan fingerprint density at radius 1 is 0.333 bits per heavy atom. The number of rotatable bonds is 6. The first-order chi connectivity index (χ1) is 25.3. The molecule has 3 nitrogen and oxygen atoms in total. The van der Waals surface area contributed by atoms with Gasteiger partial charge in [0.15, 0.2) is 0 Å². The Kier molecular flexibility index (Phi) is 6.81. The molecule has 2 aromatic heterocycles. The number of nitrogens with zero attached hydrogens (tertiary/aromatic N) is 2. The van der Waals surface area contributed by atoms with Crippen LogP contribution in [-0.2, 0) is 0 Å². The van der Waals surface area contributed by atoms with Gasteiger partial charge in [-0.1, -0.05) is 121 Å². The highest BCUT2D eigenvalue weighted by Crippen LogP contribution is 2.40. The van der Waals surface area contributed by atoms with E-state index in [2.05, 4.69) is 191 Å². The second-order valence-electron chi connectivity index (χ2n) is 13.0. The second-order valence-corrected chi connectivity index (χ2v) is 13.0. The lowest BCUT2D eigenvalue weighted by Crippen LogP contribution is -2.10. The van der Waals surface area contributed by atoms with E-state index in [0.29, 0.717) is 0 Å². The van der Waals surface area contributed by atoms with Crippen molar-refractivity contribution < 1.29 is 4.42 Å². The second kappa shape index (κ2) is 11.9. The zero-order chi connectivity index (χ0) is 33.7. The fourth-order valence-electron chi connectivity index (χ4n) is 7.56. The van der Waals surface area contributed by atoms with E-state index in [0.717, 1.165) is 55.8 Å². The summed E-state index contributed by atoms with van der Waals surface area (Å²) in [5.41, 5.74) is 13.2. The first-order valence-corrected chi connectivity index (χ1v) is 17.3. The standard InChI is InChI=1S/C48H32N2O/c1-2-11-33(12-3-1)34-21-26-37(27-22-34)49(38-28-23-35(24-29-38)36-25-30-44-43-17-6-9-20-47(43)51-48(44)31-36)39-13-10-14-40(32-39)50-45-18-7-4-15-41(45)42-16-5-8-19-46(42)50/h1-32H. The quantitative estimate of drug-likeness (QED) is 0.178. The van der Waals surface area contributed by atoms with Crippen molar-refractivity contribution in [2.24, 2.45) is 0 Å². The molecule has 0 spiro atoms. The minimum Gasteiger partial charge on any atom is -0.456 e. The minimum atomic E-state index is 0.903. The summed E-state index contributed by atoms with van der Waals surface area (Å²) < 4.78 is 8.60. The molecule has 3 heteroatoms. The zero-order valence-corrected chi connectivity index (χ0v) is 27.8. The average Bonchev–Trinajstić information content (AvgIpc) is 3.74. The molecule has 2 heterocycles. The highest BCUT2D eigenvalue weighted by atomic mass is 16.3.